The Morgan fingerprint density at radius 1 is 0.975 bits per heavy atom. The Hall–Kier alpha value is -4.05. The second-order valence-corrected chi connectivity index (χ2v) is 10.5. The lowest BCUT2D eigenvalue weighted by Gasteiger charge is -2.34. The molecule has 0 saturated carbocycles. The van der Waals surface area contributed by atoms with Crippen molar-refractivity contribution in [3.8, 4) is 0 Å². The van der Waals surface area contributed by atoms with Gasteiger partial charge in [0.05, 0.1) is 22.1 Å². The number of halogens is 2. The first-order valence-electron chi connectivity index (χ1n) is 12.8. The number of nitrogens with zero attached hydrogens (tertiary/aromatic N) is 4. The molecular weight excluding hydrogens is 547 g/mol. The molecule has 1 amide bonds. The fraction of sp³-hybridized carbons (Fsp3) is 0.207. The highest BCUT2D eigenvalue weighted by Crippen LogP contribution is 2.31. The fourth-order valence-electron chi connectivity index (χ4n) is 4.43. The van der Waals surface area contributed by atoms with Crippen LogP contribution in [0.2, 0.25) is 10.0 Å². The number of nitrogens with one attached hydrogen (secondary N) is 3. The van der Waals surface area contributed by atoms with Crippen molar-refractivity contribution in [2.75, 3.05) is 59.8 Å². The van der Waals surface area contributed by atoms with Gasteiger partial charge in [0.2, 0.25) is 5.95 Å². The van der Waals surface area contributed by atoms with E-state index in [2.05, 4.69) is 54.9 Å². The number of aromatic nitrogens is 2. The van der Waals surface area contributed by atoms with Gasteiger partial charge in [-0.15, -0.1) is 0 Å². The standard InChI is InChI=1S/C29H30Cl2N8O/c1-18-15-19(30)16-23(31)26(18)36-28(40)22-17-33-29(37-27(22)35-25-6-4-3-5-24(25)32)34-20-7-9-21(10-8-20)39-13-11-38(2)12-14-39/h3-10,15-17H,11-14,32H2,1-2H3,(H,36,40)(H2,33,34,35,37). The van der Waals surface area contributed by atoms with Crippen LogP contribution in [0.1, 0.15) is 15.9 Å². The maximum atomic E-state index is 13.4. The Morgan fingerprint density at radius 3 is 2.40 bits per heavy atom. The molecule has 40 heavy (non-hydrogen) atoms. The summed E-state index contributed by atoms with van der Waals surface area (Å²) in [7, 11) is 2.14. The Kier molecular flexibility index (Phi) is 8.25. The number of carbonyl (C=O) groups excluding carboxylic acids is 1. The lowest BCUT2D eigenvalue weighted by Crippen LogP contribution is -2.44. The number of carbonyl (C=O) groups is 1. The topological polar surface area (TPSA) is 111 Å². The second-order valence-electron chi connectivity index (χ2n) is 9.66. The molecule has 0 atom stereocenters. The van der Waals surface area contributed by atoms with Crippen molar-refractivity contribution in [3.05, 3.63) is 88.0 Å². The van der Waals surface area contributed by atoms with E-state index in [1.807, 2.05) is 37.3 Å². The van der Waals surface area contributed by atoms with Gasteiger partial charge in [0.1, 0.15) is 11.4 Å². The van der Waals surface area contributed by atoms with Gasteiger partial charge < -0.3 is 31.5 Å². The van der Waals surface area contributed by atoms with Gasteiger partial charge in [-0.25, -0.2) is 4.98 Å². The average molecular weight is 578 g/mol. The van der Waals surface area contributed by atoms with E-state index in [-0.39, 0.29) is 11.4 Å². The van der Waals surface area contributed by atoms with Crippen molar-refractivity contribution in [2.24, 2.45) is 0 Å². The van der Waals surface area contributed by atoms with Crippen LogP contribution in [0.15, 0.2) is 66.9 Å². The number of hydrogen-bond acceptors (Lipinski definition) is 8. The number of nitrogens with two attached hydrogens (primary N) is 1. The zero-order valence-corrected chi connectivity index (χ0v) is 23.7. The van der Waals surface area contributed by atoms with E-state index in [4.69, 9.17) is 28.9 Å². The lowest BCUT2D eigenvalue weighted by molar-refractivity contribution is 0.102. The summed E-state index contributed by atoms with van der Waals surface area (Å²) in [5.41, 5.74) is 10.7. The van der Waals surface area contributed by atoms with Crippen LogP contribution in [0, 0.1) is 6.92 Å². The molecule has 0 aliphatic carbocycles. The molecule has 5 rings (SSSR count). The van der Waals surface area contributed by atoms with Crippen LogP contribution in [0.5, 0.6) is 0 Å². The Bertz CT molecular complexity index is 1500. The number of anilines is 7. The molecule has 5 N–H and O–H groups in total. The molecule has 4 aromatic rings. The smallest absolute Gasteiger partial charge is 0.261 e. The summed E-state index contributed by atoms with van der Waals surface area (Å²) in [6.45, 7) is 5.89. The first-order valence-corrected chi connectivity index (χ1v) is 13.6. The monoisotopic (exact) mass is 576 g/mol. The van der Waals surface area contributed by atoms with E-state index in [0.29, 0.717) is 33.1 Å². The quantitative estimate of drug-likeness (QED) is 0.193. The summed E-state index contributed by atoms with van der Waals surface area (Å²) in [5.74, 6) is 0.165. The van der Waals surface area contributed by atoms with Gasteiger partial charge in [0, 0.05) is 48.8 Å². The molecule has 1 aliphatic heterocycles. The van der Waals surface area contributed by atoms with Crippen molar-refractivity contribution in [1.82, 2.24) is 14.9 Å². The van der Waals surface area contributed by atoms with Crippen LogP contribution in [0.3, 0.4) is 0 Å². The largest absolute Gasteiger partial charge is 0.397 e. The lowest BCUT2D eigenvalue weighted by atomic mass is 10.2. The van der Waals surface area contributed by atoms with Gasteiger partial charge in [-0.3, -0.25) is 4.79 Å². The van der Waals surface area contributed by atoms with Gasteiger partial charge in [-0.1, -0.05) is 35.3 Å². The number of rotatable bonds is 7. The highest BCUT2D eigenvalue weighted by molar-refractivity contribution is 6.37. The maximum Gasteiger partial charge on any atom is 0.261 e. The summed E-state index contributed by atoms with van der Waals surface area (Å²) < 4.78 is 0. The highest BCUT2D eigenvalue weighted by Gasteiger charge is 2.19. The van der Waals surface area contributed by atoms with E-state index in [1.54, 1.807) is 18.2 Å². The summed E-state index contributed by atoms with van der Waals surface area (Å²) >= 11 is 12.5. The summed E-state index contributed by atoms with van der Waals surface area (Å²) in [4.78, 5) is 27.1. The number of likely N-dealkylation sites (N-methyl/N-ethyl adjacent to an activating group) is 1. The SMILES string of the molecule is Cc1cc(Cl)cc(Cl)c1NC(=O)c1cnc(Nc2ccc(N3CCN(C)CC3)cc2)nc1Nc1ccccc1N. The molecule has 11 heteroatoms. The second kappa shape index (κ2) is 12.0. The van der Waals surface area contributed by atoms with E-state index >= 15 is 0 Å². The first-order chi connectivity index (χ1) is 19.3. The Balaban J connectivity index is 1.40. The van der Waals surface area contributed by atoms with Gasteiger partial charge in [-0.2, -0.15) is 4.98 Å². The molecule has 206 valence electrons. The van der Waals surface area contributed by atoms with Crippen LogP contribution in [-0.2, 0) is 0 Å². The van der Waals surface area contributed by atoms with Gasteiger partial charge >= 0.3 is 0 Å². The number of benzene rings is 3. The molecule has 0 spiro atoms. The summed E-state index contributed by atoms with van der Waals surface area (Å²) in [5, 5.41) is 10.1. The third-order valence-corrected chi connectivity index (χ3v) is 7.25. The number of piperazine rings is 1. The number of hydrogen-bond donors (Lipinski definition) is 4. The molecule has 3 aromatic carbocycles. The highest BCUT2D eigenvalue weighted by atomic mass is 35.5. The van der Waals surface area contributed by atoms with E-state index in [0.717, 1.165) is 37.4 Å². The molecular formula is C29H30Cl2N8O. The van der Waals surface area contributed by atoms with Crippen LogP contribution in [0.4, 0.5) is 40.2 Å². The zero-order valence-electron chi connectivity index (χ0n) is 22.2. The third kappa shape index (κ3) is 6.39. The molecule has 1 aromatic heterocycles. The van der Waals surface area contributed by atoms with E-state index in [9.17, 15) is 4.79 Å². The molecule has 2 heterocycles. The average Bonchev–Trinajstić information content (AvgIpc) is 2.93. The van der Waals surface area contributed by atoms with Crippen LogP contribution >= 0.6 is 23.2 Å². The van der Waals surface area contributed by atoms with Crippen LogP contribution in [0.25, 0.3) is 0 Å². The molecule has 0 unspecified atom stereocenters. The minimum Gasteiger partial charge on any atom is -0.397 e. The molecule has 1 aliphatic rings. The third-order valence-electron chi connectivity index (χ3n) is 6.73. The maximum absolute atomic E-state index is 13.4. The molecule has 1 fully saturated rings. The van der Waals surface area contributed by atoms with Gasteiger partial charge in [-0.05, 0) is 68.1 Å². The molecule has 0 bridgehead atoms. The van der Waals surface area contributed by atoms with Crippen LogP contribution < -0.4 is 26.6 Å². The van der Waals surface area contributed by atoms with Crippen molar-refractivity contribution in [3.63, 3.8) is 0 Å². The number of para-hydroxylation sites is 2. The predicted molar refractivity (Wildman–Crippen MR) is 165 cm³/mol. The minimum absolute atomic E-state index is 0.213. The Labute approximate surface area is 243 Å². The minimum atomic E-state index is -0.438. The number of nitrogen functional groups attached to an aromatic ring is 1. The van der Waals surface area contributed by atoms with Crippen molar-refractivity contribution < 1.29 is 4.79 Å². The number of aryl methyl sites for hydroxylation is 1. The molecule has 1 saturated heterocycles. The van der Waals surface area contributed by atoms with E-state index in [1.165, 1.54) is 11.9 Å². The van der Waals surface area contributed by atoms with Crippen molar-refractivity contribution in [2.45, 2.75) is 6.92 Å². The van der Waals surface area contributed by atoms with Crippen molar-refractivity contribution >= 4 is 69.3 Å². The first kappa shape index (κ1) is 27.5. The van der Waals surface area contributed by atoms with Crippen molar-refractivity contribution in [1.29, 1.82) is 0 Å². The predicted octanol–water partition coefficient (Wildman–Crippen LogP) is 6.17. The van der Waals surface area contributed by atoms with Crippen LogP contribution in [-0.4, -0.2) is 54.0 Å². The van der Waals surface area contributed by atoms with E-state index < -0.39 is 5.91 Å². The van der Waals surface area contributed by atoms with Gasteiger partial charge in [0.25, 0.3) is 5.91 Å². The van der Waals surface area contributed by atoms with Gasteiger partial charge in [0.15, 0.2) is 0 Å². The summed E-state index contributed by atoms with van der Waals surface area (Å²) in [6.07, 6.45) is 1.46. The normalized spacial score (nSPS) is 13.7. The fourth-order valence-corrected chi connectivity index (χ4v) is 5.08. The zero-order chi connectivity index (χ0) is 28.2. The molecule has 0 radical (unpaired) electrons. The summed E-state index contributed by atoms with van der Waals surface area (Å²) in [6, 6.07) is 18.7. The Morgan fingerprint density at radius 2 is 1.70 bits per heavy atom. The molecule has 9 nitrogen and oxygen atoms in total. The number of amides is 1.